The monoisotopic (exact) mass is 409 g/mol. The molecule has 1 aliphatic heterocycles. The lowest BCUT2D eigenvalue weighted by Crippen LogP contribution is -2.47. The number of sulfone groups is 1. The number of carbonyl (C=O) groups is 1. The minimum atomic E-state index is -3.04. The molecular formula is C19H27N3O3S2. The molecule has 1 saturated heterocycles. The van der Waals surface area contributed by atoms with Gasteiger partial charge in [-0.1, -0.05) is 37.7 Å². The maximum absolute atomic E-state index is 12.4. The van der Waals surface area contributed by atoms with E-state index in [9.17, 15) is 13.2 Å². The van der Waals surface area contributed by atoms with Crippen molar-refractivity contribution in [2.75, 3.05) is 17.3 Å². The number of nitrogens with one attached hydrogen (secondary N) is 1. The number of fused-ring (bicyclic) bond motifs is 1. The van der Waals surface area contributed by atoms with Gasteiger partial charge in [0.25, 0.3) is 0 Å². The average molecular weight is 410 g/mol. The minimum Gasteiger partial charge on any atom is -0.349 e. The van der Waals surface area contributed by atoms with Gasteiger partial charge in [-0.15, -0.1) is 0 Å². The van der Waals surface area contributed by atoms with Gasteiger partial charge in [0.2, 0.25) is 5.91 Å². The molecule has 2 aromatic rings. The van der Waals surface area contributed by atoms with Crippen LogP contribution >= 0.6 is 11.8 Å². The van der Waals surface area contributed by atoms with Crippen LogP contribution in [-0.2, 0) is 21.2 Å². The van der Waals surface area contributed by atoms with Crippen LogP contribution in [0.4, 0.5) is 0 Å². The summed E-state index contributed by atoms with van der Waals surface area (Å²) in [6.07, 6.45) is 1.51. The number of rotatable bonds is 7. The number of benzene rings is 1. The molecular weight excluding hydrogens is 382 g/mol. The van der Waals surface area contributed by atoms with Crippen molar-refractivity contribution in [1.82, 2.24) is 14.9 Å². The molecule has 0 saturated carbocycles. The van der Waals surface area contributed by atoms with Gasteiger partial charge in [0, 0.05) is 6.54 Å². The topological polar surface area (TPSA) is 81.1 Å². The normalized spacial score (nSPS) is 21.8. The fourth-order valence-corrected chi connectivity index (χ4v) is 6.31. The Balaban J connectivity index is 1.69. The van der Waals surface area contributed by atoms with E-state index in [1.165, 1.54) is 11.8 Å². The second kappa shape index (κ2) is 7.83. The molecule has 1 fully saturated rings. The molecule has 2 heterocycles. The molecule has 0 spiro atoms. The van der Waals surface area contributed by atoms with Crippen molar-refractivity contribution < 1.29 is 13.2 Å². The maximum Gasteiger partial charge on any atom is 0.230 e. The van der Waals surface area contributed by atoms with Crippen molar-refractivity contribution in [3.63, 3.8) is 0 Å². The van der Waals surface area contributed by atoms with Gasteiger partial charge < -0.3 is 9.88 Å². The fraction of sp³-hybridized carbons (Fsp3) is 0.579. The Morgan fingerprint density at radius 2 is 2.11 bits per heavy atom. The highest BCUT2D eigenvalue weighted by atomic mass is 32.2. The van der Waals surface area contributed by atoms with E-state index in [1.807, 2.05) is 18.2 Å². The molecule has 27 heavy (non-hydrogen) atoms. The van der Waals surface area contributed by atoms with Crippen LogP contribution in [0, 0.1) is 5.92 Å². The van der Waals surface area contributed by atoms with E-state index in [0.29, 0.717) is 12.3 Å². The van der Waals surface area contributed by atoms with Crippen LogP contribution in [0.5, 0.6) is 0 Å². The summed E-state index contributed by atoms with van der Waals surface area (Å²) in [5.74, 6) is 0.810. The van der Waals surface area contributed by atoms with Crippen LogP contribution < -0.4 is 5.32 Å². The Morgan fingerprint density at radius 3 is 2.78 bits per heavy atom. The SMILES string of the molecule is CC(C)CCn1c(SCC(=O)NC2(C)CCS(=O)(=O)C2)nc2ccccc21. The summed E-state index contributed by atoms with van der Waals surface area (Å²) in [4.78, 5) is 17.1. The van der Waals surface area contributed by atoms with Gasteiger partial charge in [-0.25, -0.2) is 13.4 Å². The molecule has 0 radical (unpaired) electrons. The Morgan fingerprint density at radius 1 is 1.37 bits per heavy atom. The first-order valence-electron chi connectivity index (χ1n) is 9.27. The molecule has 1 aromatic heterocycles. The fourth-order valence-electron chi connectivity index (χ4n) is 3.38. The maximum atomic E-state index is 12.4. The summed E-state index contributed by atoms with van der Waals surface area (Å²) in [6.45, 7) is 7.04. The Labute approximate surface area is 165 Å². The van der Waals surface area contributed by atoms with Crippen molar-refractivity contribution in [2.45, 2.75) is 50.9 Å². The summed E-state index contributed by atoms with van der Waals surface area (Å²) in [5, 5.41) is 3.74. The van der Waals surface area contributed by atoms with Gasteiger partial charge in [-0.05, 0) is 37.8 Å². The number of hydrogen-bond donors (Lipinski definition) is 1. The molecule has 1 unspecified atom stereocenters. The summed E-state index contributed by atoms with van der Waals surface area (Å²) < 4.78 is 25.6. The molecule has 1 atom stereocenters. The average Bonchev–Trinajstić information content (AvgIpc) is 3.07. The molecule has 3 rings (SSSR count). The standard InChI is InChI=1S/C19H27N3O3S2/c1-14(2)8-10-22-16-7-5-4-6-15(16)20-18(22)26-12-17(23)21-19(3)9-11-27(24,25)13-19/h4-7,14H,8-13H2,1-3H3,(H,21,23). The largest absolute Gasteiger partial charge is 0.349 e. The predicted octanol–water partition coefficient (Wildman–Crippen LogP) is 2.87. The quantitative estimate of drug-likeness (QED) is 0.711. The number of imidazole rings is 1. The second-order valence-corrected chi connectivity index (χ2v) is 11.1. The van der Waals surface area contributed by atoms with Crippen LogP contribution in [-0.4, -0.2) is 46.7 Å². The van der Waals surface area contributed by atoms with E-state index in [2.05, 4.69) is 34.8 Å². The Kier molecular flexibility index (Phi) is 5.86. The lowest BCUT2D eigenvalue weighted by Gasteiger charge is -2.23. The zero-order chi connectivity index (χ0) is 19.7. The second-order valence-electron chi connectivity index (χ2n) is 7.96. The zero-order valence-corrected chi connectivity index (χ0v) is 17.7. The van der Waals surface area contributed by atoms with Crippen LogP contribution in [0.15, 0.2) is 29.4 Å². The first-order chi connectivity index (χ1) is 12.7. The Bertz CT molecular complexity index is 937. The van der Waals surface area contributed by atoms with Gasteiger partial charge in [0.15, 0.2) is 15.0 Å². The first kappa shape index (κ1) is 20.2. The number of para-hydroxylation sites is 2. The molecule has 1 aromatic carbocycles. The van der Waals surface area contributed by atoms with E-state index >= 15 is 0 Å². The highest BCUT2D eigenvalue weighted by Crippen LogP contribution is 2.26. The third-order valence-corrected chi connectivity index (χ3v) is 7.71. The summed E-state index contributed by atoms with van der Waals surface area (Å²) in [6, 6.07) is 8.00. The molecule has 0 aliphatic carbocycles. The molecule has 1 aliphatic rings. The third kappa shape index (κ3) is 5.04. The molecule has 0 bridgehead atoms. The first-order valence-corrected chi connectivity index (χ1v) is 12.1. The van der Waals surface area contributed by atoms with Crippen molar-refractivity contribution in [3.8, 4) is 0 Å². The summed E-state index contributed by atoms with van der Waals surface area (Å²) in [5.41, 5.74) is 1.35. The van der Waals surface area contributed by atoms with Gasteiger partial charge >= 0.3 is 0 Å². The van der Waals surface area contributed by atoms with Crippen LogP contribution in [0.3, 0.4) is 0 Å². The van der Waals surface area contributed by atoms with Crippen LogP contribution in [0.1, 0.15) is 33.6 Å². The van der Waals surface area contributed by atoms with E-state index in [-0.39, 0.29) is 23.2 Å². The van der Waals surface area contributed by atoms with Gasteiger partial charge in [0.05, 0.1) is 33.8 Å². The summed E-state index contributed by atoms with van der Waals surface area (Å²) >= 11 is 1.40. The lowest BCUT2D eigenvalue weighted by atomic mass is 10.0. The molecule has 8 heteroatoms. The van der Waals surface area contributed by atoms with Crippen molar-refractivity contribution in [2.24, 2.45) is 5.92 Å². The number of nitrogens with zero attached hydrogens (tertiary/aromatic N) is 2. The van der Waals surface area contributed by atoms with Gasteiger partial charge in [-0.2, -0.15) is 0 Å². The molecule has 6 nitrogen and oxygen atoms in total. The van der Waals surface area contributed by atoms with Gasteiger partial charge in [0.1, 0.15) is 0 Å². The number of thioether (sulfide) groups is 1. The third-order valence-electron chi connectivity index (χ3n) is 4.83. The highest BCUT2D eigenvalue weighted by molar-refractivity contribution is 7.99. The zero-order valence-electron chi connectivity index (χ0n) is 16.1. The van der Waals surface area contributed by atoms with Crippen molar-refractivity contribution in [1.29, 1.82) is 0 Å². The highest BCUT2D eigenvalue weighted by Gasteiger charge is 2.39. The number of aryl methyl sites for hydroxylation is 1. The Hall–Kier alpha value is -1.54. The van der Waals surface area contributed by atoms with E-state index in [4.69, 9.17) is 0 Å². The molecule has 1 amide bonds. The van der Waals surface area contributed by atoms with Crippen LogP contribution in [0.25, 0.3) is 11.0 Å². The molecule has 148 valence electrons. The molecule has 1 N–H and O–H groups in total. The van der Waals surface area contributed by atoms with Crippen LogP contribution in [0.2, 0.25) is 0 Å². The number of aromatic nitrogens is 2. The van der Waals surface area contributed by atoms with E-state index < -0.39 is 15.4 Å². The number of hydrogen-bond acceptors (Lipinski definition) is 5. The van der Waals surface area contributed by atoms with Crippen molar-refractivity contribution >= 4 is 38.5 Å². The van der Waals surface area contributed by atoms with E-state index in [1.54, 1.807) is 6.92 Å². The smallest absolute Gasteiger partial charge is 0.230 e. The van der Waals surface area contributed by atoms with Crippen molar-refractivity contribution in [3.05, 3.63) is 24.3 Å². The predicted molar refractivity (Wildman–Crippen MR) is 110 cm³/mol. The number of amides is 1. The summed E-state index contributed by atoms with van der Waals surface area (Å²) in [7, 11) is -3.04. The van der Waals surface area contributed by atoms with Gasteiger partial charge in [-0.3, -0.25) is 4.79 Å². The number of carbonyl (C=O) groups excluding carboxylic acids is 1. The van der Waals surface area contributed by atoms with E-state index in [0.717, 1.165) is 29.2 Å². The minimum absolute atomic E-state index is 0.0172. The lowest BCUT2D eigenvalue weighted by molar-refractivity contribution is -0.120.